The maximum Gasteiger partial charge on any atom is 0.0300 e. The molecule has 1 aromatic rings. The third-order valence-electron chi connectivity index (χ3n) is 4.44. The summed E-state index contributed by atoms with van der Waals surface area (Å²) >= 11 is 0. The van der Waals surface area contributed by atoms with E-state index in [4.69, 9.17) is 0 Å². The molecule has 1 saturated heterocycles. The molecule has 0 saturated carbocycles. The fourth-order valence-electron chi connectivity index (χ4n) is 3.16. The first-order chi connectivity index (χ1) is 9.83. The van der Waals surface area contributed by atoms with Crippen LogP contribution < -0.4 is 5.32 Å². The maximum atomic E-state index is 4.20. The molecule has 0 spiro atoms. The highest BCUT2D eigenvalue weighted by Crippen LogP contribution is 2.20. The van der Waals surface area contributed by atoms with Gasteiger partial charge >= 0.3 is 0 Å². The summed E-state index contributed by atoms with van der Waals surface area (Å²) in [4.78, 5) is 6.83. The van der Waals surface area contributed by atoms with Crippen LogP contribution in [0.1, 0.15) is 38.7 Å². The van der Waals surface area contributed by atoms with Gasteiger partial charge in [-0.15, -0.1) is 0 Å². The third-order valence-corrected chi connectivity index (χ3v) is 4.44. The largest absolute Gasteiger partial charge is 0.314 e. The van der Waals surface area contributed by atoms with E-state index in [2.05, 4.69) is 35.1 Å². The van der Waals surface area contributed by atoms with Gasteiger partial charge < -0.3 is 10.2 Å². The molecule has 1 aliphatic rings. The third kappa shape index (κ3) is 4.57. The Hall–Kier alpha value is -0.930. The van der Waals surface area contributed by atoms with Crippen LogP contribution in [0.25, 0.3) is 0 Å². The lowest BCUT2D eigenvalue weighted by Gasteiger charge is -2.39. The molecule has 1 N–H and O–H groups in total. The molecule has 0 bridgehead atoms. The molecular formula is C17H29N3. The molecule has 1 aromatic heterocycles. The van der Waals surface area contributed by atoms with E-state index in [1.54, 1.807) is 0 Å². The Morgan fingerprint density at radius 1 is 1.40 bits per heavy atom. The molecule has 1 fully saturated rings. The fourth-order valence-corrected chi connectivity index (χ4v) is 3.16. The van der Waals surface area contributed by atoms with E-state index in [1.807, 2.05) is 18.5 Å². The summed E-state index contributed by atoms with van der Waals surface area (Å²) in [6.45, 7) is 9.39. The normalized spacial score (nSPS) is 23.9. The highest BCUT2D eigenvalue weighted by molar-refractivity contribution is 5.08. The predicted octanol–water partition coefficient (Wildman–Crippen LogP) is 2.72. The average molecular weight is 275 g/mol. The number of hydrogen-bond acceptors (Lipinski definition) is 3. The lowest BCUT2D eigenvalue weighted by Crippen LogP contribution is -2.49. The standard InChI is InChI=1S/C17H29N3/c1-3-9-19-17-8-12-20(14-16(17)4-2)11-7-15-6-5-10-18-13-15/h5-6,10,13,16-17,19H,3-4,7-9,11-12,14H2,1-2H3. The van der Waals surface area contributed by atoms with Crippen LogP contribution in [0.3, 0.4) is 0 Å². The van der Waals surface area contributed by atoms with Crippen molar-refractivity contribution in [1.29, 1.82) is 0 Å². The molecule has 1 aliphatic heterocycles. The smallest absolute Gasteiger partial charge is 0.0300 e. The van der Waals surface area contributed by atoms with Crippen molar-refractivity contribution in [2.45, 2.75) is 45.6 Å². The highest BCUT2D eigenvalue weighted by atomic mass is 15.1. The van der Waals surface area contributed by atoms with Crippen molar-refractivity contribution in [3.05, 3.63) is 30.1 Å². The van der Waals surface area contributed by atoms with Gasteiger partial charge in [0, 0.05) is 31.5 Å². The number of likely N-dealkylation sites (tertiary alicyclic amines) is 1. The number of nitrogens with zero attached hydrogens (tertiary/aromatic N) is 2. The zero-order valence-electron chi connectivity index (χ0n) is 13.0. The number of nitrogens with one attached hydrogen (secondary N) is 1. The zero-order valence-corrected chi connectivity index (χ0v) is 13.0. The molecule has 3 heteroatoms. The number of piperidine rings is 1. The van der Waals surface area contributed by atoms with Crippen molar-refractivity contribution in [3.8, 4) is 0 Å². The Bertz CT molecular complexity index is 366. The molecule has 2 heterocycles. The van der Waals surface area contributed by atoms with Gasteiger partial charge in [0.1, 0.15) is 0 Å². The van der Waals surface area contributed by atoms with Crippen molar-refractivity contribution in [2.75, 3.05) is 26.2 Å². The molecule has 0 amide bonds. The SMILES string of the molecule is CCCNC1CCN(CCc2cccnc2)CC1CC. The lowest BCUT2D eigenvalue weighted by molar-refractivity contribution is 0.136. The summed E-state index contributed by atoms with van der Waals surface area (Å²) in [5.74, 6) is 0.809. The summed E-state index contributed by atoms with van der Waals surface area (Å²) < 4.78 is 0. The monoisotopic (exact) mass is 275 g/mol. The van der Waals surface area contributed by atoms with Gasteiger partial charge in [0.05, 0.1) is 0 Å². The molecule has 0 radical (unpaired) electrons. The summed E-state index contributed by atoms with van der Waals surface area (Å²) in [6, 6.07) is 4.94. The van der Waals surface area contributed by atoms with Crippen LogP contribution in [-0.4, -0.2) is 42.1 Å². The first kappa shape index (κ1) is 15.5. The first-order valence-electron chi connectivity index (χ1n) is 8.18. The van der Waals surface area contributed by atoms with Gasteiger partial charge in [0.2, 0.25) is 0 Å². The van der Waals surface area contributed by atoms with Crippen LogP contribution in [-0.2, 0) is 6.42 Å². The van der Waals surface area contributed by atoms with E-state index in [0.717, 1.165) is 24.9 Å². The van der Waals surface area contributed by atoms with Crippen LogP contribution in [0.2, 0.25) is 0 Å². The molecule has 0 aliphatic carbocycles. The summed E-state index contributed by atoms with van der Waals surface area (Å²) in [7, 11) is 0. The van der Waals surface area contributed by atoms with Crippen LogP contribution >= 0.6 is 0 Å². The molecule has 2 rings (SSSR count). The second kappa shape index (κ2) is 8.38. The zero-order chi connectivity index (χ0) is 14.2. The Labute approximate surface area is 123 Å². The van der Waals surface area contributed by atoms with Gasteiger partial charge in [-0.25, -0.2) is 0 Å². The van der Waals surface area contributed by atoms with Gasteiger partial charge in [-0.05, 0) is 49.9 Å². The number of pyridine rings is 1. The minimum absolute atomic E-state index is 0.731. The Balaban J connectivity index is 1.78. The van der Waals surface area contributed by atoms with E-state index in [0.29, 0.717) is 0 Å². The van der Waals surface area contributed by atoms with Gasteiger partial charge in [0.25, 0.3) is 0 Å². The van der Waals surface area contributed by atoms with E-state index < -0.39 is 0 Å². The number of aromatic nitrogens is 1. The minimum atomic E-state index is 0.731. The number of rotatable bonds is 7. The predicted molar refractivity (Wildman–Crippen MR) is 84.9 cm³/mol. The van der Waals surface area contributed by atoms with Crippen LogP contribution in [0.5, 0.6) is 0 Å². The van der Waals surface area contributed by atoms with Gasteiger partial charge in [-0.3, -0.25) is 4.98 Å². The highest BCUT2D eigenvalue weighted by Gasteiger charge is 2.26. The van der Waals surface area contributed by atoms with Crippen LogP contribution in [0, 0.1) is 5.92 Å². The topological polar surface area (TPSA) is 28.2 Å². The molecular weight excluding hydrogens is 246 g/mol. The van der Waals surface area contributed by atoms with Crippen molar-refractivity contribution in [2.24, 2.45) is 5.92 Å². The average Bonchev–Trinajstić information content (AvgIpc) is 2.52. The van der Waals surface area contributed by atoms with Gasteiger partial charge in [-0.1, -0.05) is 26.3 Å². The van der Waals surface area contributed by atoms with E-state index in [1.165, 1.54) is 44.5 Å². The van der Waals surface area contributed by atoms with Gasteiger partial charge in [-0.2, -0.15) is 0 Å². The fraction of sp³-hybridized carbons (Fsp3) is 0.706. The molecule has 112 valence electrons. The minimum Gasteiger partial charge on any atom is -0.314 e. The first-order valence-corrected chi connectivity index (χ1v) is 8.18. The Kier molecular flexibility index (Phi) is 6.48. The van der Waals surface area contributed by atoms with E-state index >= 15 is 0 Å². The molecule has 20 heavy (non-hydrogen) atoms. The summed E-state index contributed by atoms with van der Waals surface area (Å²) in [6.07, 6.45) is 8.78. The quantitative estimate of drug-likeness (QED) is 0.829. The lowest BCUT2D eigenvalue weighted by atomic mass is 9.89. The molecule has 2 atom stereocenters. The Morgan fingerprint density at radius 3 is 3.00 bits per heavy atom. The molecule has 3 nitrogen and oxygen atoms in total. The van der Waals surface area contributed by atoms with E-state index in [9.17, 15) is 0 Å². The second-order valence-corrected chi connectivity index (χ2v) is 5.93. The van der Waals surface area contributed by atoms with Crippen LogP contribution in [0.4, 0.5) is 0 Å². The molecule has 2 unspecified atom stereocenters. The second-order valence-electron chi connectivity index (χ2n) is 5.93. The van der Waals surface area contributed by atoms with Crippen molar-refractivity contribution < 1.29 is 0 Å². The molecule has 0 aromatic carbocycles. The summed E-state index contributed by atoms with van der Waals surface area (Å²) in [5, 5.41) is 3.73. The van der Waals surface area contributed by atoms with Crippen molar-refractivity contribution in [1.82, 2.24) is 15.2 Å². The number of hydrogen-bond donors (Lipinski definition) is 1. The Morgan fingerprint density at radius 2 is 2.30 bits per heavy atom. The van der Waals surface area contributed by atoms with Crippen molar-refractivity contribution in [3.63, 3.8) is 0 Å². The summed E-state index contributed by atoms with van der Waals surface area (Å²) in [5.41, 5.74) is 1.35. The van der Waals surface area contributed by atoms with Gasteiger partial charge in [0.15, 0.2) is 0 Å². The maximum absolute atomic E-state index is 4.20. The van der Waals surface area contributed by atoms with Crippen molar-refractivity contribution >= 4 is 0 Å². The van der Waals surface area contributed by atoms with Crippen LogP contribution in [0.15, 0.2) is 24.5 Å². The van der Waals surface area contributed by atoms with E-state index in [-0.39, 0.29) is 0 Å².